The molecule has 0 unspecified atom stereocenters. The molecule has 0 aliphatic rings. The first kappa shape index (κ1) is 13.8. The van der Waals surface area contributed by atoms with Crippen molar-refractivity contribution >= 4 is 40.8 Å². The highest BCUT2D eigenvalue weighted by Crippen LogP contribution is 2.27. The fraction of sp³-hybridized carbons (Fsp3) is 0.167. The van der Waals surface area contributed by atoms with Crippen molar-refractivity contribution in [2.75, 3.05) is 5.75 Å². The van der Waals surface area contributed by atoms with Gasteiger partial charge in [0.2, 0.25) is 0 Å². The third kappa shape index (κ3) is 4.24. The van der Waals surface area contributed by atoms with Crippen molar-refractivity contribution < 1.29 is 14.7 Å². The van der Waals surface area contributed by atoms with Crippen molar-refractivity contribution in [1.29, 1.82) is 0 Å². The van der Waals surface area contributed by atoms with E-state index in [2.05, 4.69) is 0 Å². The Morgan fingerprint density at radius 1 is 1.47 bits per heavy atom. The lowest BCUT2D eigenvalue weighted by molar-refractivity contribution is -0.109. The Kier molecular flexibility index (Phi) is 5.25. The van der Waals surface area contributed by atoms with Gasteiger partial charge < -0.3 is 5.11 Å². The molecular formula is C12H11ClO3S. The van der Waals surface area contributed by atoms with E-state index in [4.69, 9.17) is 11.6 Å². The molecule has 0 heterocycles. The van der Waals surface area contributed by atoms with Gasteiger partial charge in [-0.25, -0.2) is 0 Å². The number of thioether (sulfide) groups is 1. The maximum Gasteiger partial charge on any atom is 0.186 e. The van der Waals surface area contributed by atoms with Crippen LogP contribution in [0.4, 0.5) is 0 Å². The number of benzene rings is 1. The zero-order chi connectivity index (χ0) is 12.8. The van der Waals surface area contributed by atoms with Crippen LogP contribution in [0.25, 0.3) is 6.08 Å². The standard InChI is InChI=1S/C12H11ClO3S/c1-8(15)17-4-2-3-9-5-11(13)6-10(7-14)12(9)16/h2-3,5-7,16H,4H2,1H3. The van der Waals surface area contributed by atoms with E-state index < -0.39 is 0 Å². The molecule has 1 rings (SSSR count). The van der Waals surface area contributed by atoms with E-state index in [0.29, 0.717) is 22.6 Å². The fourth-order valence-corrected chi connectivity index (χ4v) is 1.86. The summed E-state index contributed by atoms with van der Waals surface area (Å²) in [5.74, 6) is 0.408. The van der Waals surface area contributed by atoms with E-state index in [1.165, 1.54) is 13.0 Å². The number of phenols is 1. The summed E-state index contributed by atoms with van der Waals surface area (Å²) in [6.07, 6.45) is 3.90. The van der Waals surface area contributed by atoms with Gasteiger partial charge in [-0.3, -0.25) is 9.59 Å². The molecule has 90 valence electrons. The number of aromatic hydroxyl groups is 1. The van der Waals surface area contributed by atoms with Crippen molar-refractivity contribution in [3.63, 3.8) is 0 Å². The predicted octanol–water partition coefficient (Wildman–Crippen LogP) is 3.15. The van der Waals surface area contributed by atoms with Gasteiger partial charge in [-0.1, -0.05) is 35.5 Å². The number of carbonyl (C=O) groups excluding carboxylic acids is 2. The molecule has 1 aromatic rings. The Morgan fingerprint density at radius 3 is 2.71 bits per heavy atom. The van der Waals surface area contributed by atoms with Crippen LogP contribution < -0.4 is 0 Å². The summed E-state index contributed by atoms with van der Waals surface area (Å²) in [6, 6.07) is 2.95. The number of halogens is 1. The van der Waals surface area contributed by atoms with Crippen LogP contribution in [0.15, 0.2) is 18.2 Å². The largest absolute Gasteiger partial charge is 0.507 e. The predicted molar refractivity (Wildman–Crippen MR) is 70.7 cm³/mol. The molecule has 1 N–H and O–H groups in total. The van der Waals surface area contributed by atoms with Gasteiger partial charge in [0.05, 0.1) is 5.56 Å². The average Bonchev–Trinajstić information content (AvgIpc) is 2.28. The van der Waals surface area contributed by atoms with Crippen LogP contribution in [0.2, 0.25) is 5.02 Å². The van der Waals surface area contributed by atoms with Crippen molar-refractivity contribution in [1.82, 2.24) is 0 Å². The monoisotopic (exact) mass is 270 g/mol. The van der Waals surface area contributed by atoms with Crippen molar-refractivity contribution in [2.24, 2.45) is 0 Å². The van der Waals surface area contributed by atoms with E-state index in [1.807, 2.05) is 0 Å². The third-order valence-electron chi connectivity index (χ3n) is 1.94. The van der Waals surface area contributed by atoms with Crippen molar-refractivity contribution in [2.45, 2.75) is 6.92 Å². The Hall–Kier alpha value is -1.26. The molecule has 0 atom stereocenters. The highest BCUT2D eigenvalue weighted by Gasteiger charge is 2.06. The van der Waals surface area contributed by atoms with Crippen LogP contribution in [0.1, 0.15) is 22.8 Å². The Balaban J connectivity index is 2.87. The second-order valence-electron chi connectivity index (χ2n) is 3.26. The minimum Gasteiger partial charge on any atom is -0.507 e. The van der Waals surface area contributed by atoms with Crippen molar-refractivity contribution in [3.8, 4) is 5.75 Å². The lowest BCUT2D eigenvalue weighted by Gasteiger charge is -2.03. The first-order chi connectivity index (χ1) is 8.04. The molecule has 3 nitrogen and oxygen atoms in total. The van der Waals surface area contributed by atoms with Crippen LogP contribution in [-0.2, 0) is 4.79 Å². The molecule has 0 radical (unpaired) electrons. The number of aldehydes is 1. The zero-order valence-electron chi connectivity index (χ0n) is 9.14. The molecule has 0 aliphatic heterocycles. The molecule has 0 aliphatic carbocycles. The number of hydrogen-bond donors (Lipinski definition) is 1. The smallest absolute Gasteiger partial charge is 0.186 e. The molecule has 0 spiro atoms. The van der Waals surface area contributed by atoms with E-state index in [0.717, 1.165) is 11.8 Å². The molecule has 0 saturated heterocycles. The first-order valence-electron chi connectivity index (χ1n) is 4.82. The number of hydrogen-bond acceptors (Lipinski definition) is 4. The Labute approximate surface area is 108 Å². The maximum atomic E-state index is 10.7. The van der Waals surface area contributed by atoms with Gasteiger partial charge in [0.25, 0.3) is 0 Å². The normalized spacial score (nSPS) is 10.7. The Bertz CT molecular complexity index is 469. The number of carbonyl (C=O) groups is 2. The second kappa shape index (κ2) is 6.47. The first-order valence-corrected chi connectivity index (χ1v) is 6.18. The SMILES string of the molecule is CC(=O)SCC=Cc1cc(Cl)cc(C=O)c1O. The number of rotatable bonds is 4. The fourth-order valence-electron chi connectivity index (χ4n) is 1.20. The highest BCUT2D eigenvalue weighted by atomic mass is 35.5. The minimum absolute atomic E-state index is 0.0264. The van der Waals surface area contributed by atoms with Crippen LogP contribution in [0.3, 0.4) is 0 Å². The van der Waals surface area contributed by atoms with Gasteiger partial charge in [0.1, 0.15) is 5.75 Å². The molecule has 0 saturated carbocycles. The van der Waals surface area contributed by atoms with E-state index in [1.54, 1.807) is 18.2 Å². The average molecular weight is 271 g/mol. The summed E-state index contributed by atoms with van der Waals surface area (Å²) in [6.45, 7) is 1.49. The zero-order valence-corrected chi connectivity index (χ0v) is 10.7. The van der Waals surface area contributed by atoms with Crippen LogP contribution in [-0.4, -0.2) is 22.3 Å². The molecule has 5 heteroatoms. The maximum absolute atomic E-state index is 10.7. The van der Waals surface area contributed by atoms with Gasteiger partial charge in [0.15, 0.2) is 11.4 Å². The van der Waals surface area contributed by atoms with Gasteiger partial charge in [-0.05, 0) is 12.1 Å². The molecule has 1 aromatic carbocycles. The van der Waals surface area contributed by atoms with Gasteiger partial charge in [0, 0.05) is 23.3 Å². The van der Waals surface area contributed by atoms with Crippen LogP contribution in [0.5, 0.6) is 5.75 Å². The summed E-state index contributed by atoms with van der Waals surface area (Å²) in [7, 11) is 0. The van der Waals surface area contributed by atoms with E-state index >= 15 is 0 Å². The Morgan fingerprint density at radius 2 is 2.12 bits per heavy atom. The summed E-state index contributed by atoms with van der Waals surface area (Å²) in [4.78, 5) is 21.3. The third-order valence-corrected chi connectivity index (χ3v) is 2.92. The highest BCUT2D eigenvalue weighted by molar-refractivity contribution is 8.13. The quantitative estimate of drug-likeness (QED) is 0.854. The van der Waals surface area contributed by atoms with E-state index in [9.17, 15) is 14.7 Å². The summed E-state index contributed by atoms with van der Waals surface area (Å²) in [5, 5.41) is 10.1. The lowest BCUT2D eigenvalue weighted by Crippen LogP contribution is -1.86. The minimum atomic E-state index is -0.103. The van der Waals surface area contributed by atoms with Crippen LogP contribution in [0, 0.1) is 0 Å². The summed E-state index contributed by atoms with van der Waals surface area (Å²) < 4.78 is 0. The second-order valence-corrected chi connectivity index (χ2v) is 4.89. The molecular weight excluding hydrogens is 260 g/mol. The van der Waals surface area contributed by atoms with Gasteiger partial charge in [-0.15, -0.1) is 0 Å². The summed E-state index contributed by atoms with van der Waals surface area (Å²) >= 11 is 6.96. The molecule has 0 aromatic heterocycles. The van der Waals surface area contributed by atoms with Crippen LogP contribution >= 0.6 is 23.4 Å². The van der Waals surface area contributed by atoms with E-state index in [-0.39, 0.29) is 16.4 Å². The molecule has 0 bridgehead atoms. The van der Waals surface area contributed by atoms with Gasteiger partial charge >= 0.3 is 0 Å². The lowest BCUT2D eigenvalue weighted by atomic mass is 10.1. The summed E-state index contributed by atoms with van der Waals surface area (Å²) in [5.41, 5.74) is 0.611. The topological polar surface area (TPSA) is 54.4 Å². The van der Waals surface area contributed by atoms with Gasteiger partial charge in [-0.2, -0.15) is 0 Å². The van der Waals surface area contributed by atoms with Crippen molar-refractivity contribution in [3.05, 3.63) is 34.4 Å². The number of phenolic OH excluding ortho intramolecular Hbond substituents is 1. The molecule has 0 fully saturated rings. The molecule has 17 heavy (non-hydrogen) atoms. The molecule has 0 amide bonds.